The minimum atomic E-state index is -0.524. The zero-order valence-corrected chi connectivity index (χ0v) is 75.2. The summed E-state index contributed by atoms with van der Waals surface area (Å²) in [6, 6.07) is 51.0. The molecule has 0 spiro atoms. The van der Waals surface area contributed by atoms with E-state index in [4.69, 9.17) is 85.6 Å². The summed E-state index contributed by atoms with van der Waals surface area (Å²) in [5.74, 6) is 4.37. The maximum absolute atomic E-state index is 11.5. The Morgan fingerprint density at radius 2 is 0.679 bits per heavy atom. The zero-order valence-electron chi connectivity index (χ0n) is 75.2. The van der Waals surface area contributed by atoms with Crippen molar-refractivity contribution < 1.29 is 124 Å². The lowest BCUT2D eigenvalue weighted by Gasteiger charge is -2.20. The van der Waals surface area contributed by atoms with E-state index in [0.717, 1.165) is 62.3 Å². The van der Waals surface area contributed by atoms with Crippen LogP contribution in [0.2, 0.25) is 0 Å². The van der Waals surface area contributed by atoms with Gasteiger partial charge >= 0.3 is 41.8 Å². The number of fused-ring (bicyclic) bond motifs is 4. The van der Waals surface area contributed by atoms with Crippen LogP contribution in [0.25, 0.3) is 53.3 Å². The molecule has 27 heteroatoms. The number of aliphatic hydroxyl groups excluding tert-OH is 1. The van der Waals surface area contributed by atoms with Gasteiger partial charge in [-0.3, -0.25) is 4.98 Å². The van der Waals surface area contributed by atoms with E-state index in [1.807, 2.05) is 172 Å². The minimum absolute atomic E-state index is 0.0385. The first-order chi connectivity index (χ1) is 65.0. The lowest BCUT2D eigenvalue weighted by Crippen LogP contribution is -2.21. The van der Waals surface area contributed by atoms with E-state index in [1.165, 1.54) is 90.3 Å². The predicted octanol–water partition coefficient (Wildman–Crippen LogP) is 18.6. The summed E-state index contributed by atoms with van der Waals surface area (Å²) in [6.45, 7) is 4.97. The molecule has 9 aliphatic heterocycles. The second-order valence-corrected chi connectivity index (χ2v) is 31.0. The number of aliphatic hydroxyl groups is 1. The molecule has 1 aliphatic carbocycles. The average Bonchev–Trinajstić information content (AvgIpc) is 1.56. The van der Waals surface area contributed by atoms with Crippen molar-refractivity contribution in [3.63, 3.8) is 0 Å². The Balaban J connectivity index is 0.000000141. The third kappa shape index (κ3) is 31.5. The maximum atomic E-state index is 11.5. The van der Waals surface area contributed by atoms with E-state index in [-0.39, 0.29) is 91.6 Å². The number of hydrogen-bond donors (Lipinski definition) is 2. The van der Waals surface area contributed by atoms with Gasteiger partial charge in [0.25, 0.3) is 0 Å². The summed E-state index contributed by atoms with van der Waals surface area (Å²) in [5.41, 5.74) is 11.2. The second-order valence-electron chi connectivity index (χ2n) is 31.0. The van der Waals surface area contributed by atoms with Gasteiger partial charge in [-0.15, -0.1) is 0 Å². The van der Waals surface area contributed by atoms with E-state index < -0.39 is 18.0 Å². The number of phenolic OH excluding ortho intramolecular Hbond substituents is 1. The largest absolute Gasteiger partial charge is 0.512 e. The van der Waals surface area contributed by atoms with Crippen LogP contribution in [0.5, 0.6) is 28.7 Å². The minimum Gasteiger partial charge on any atom is -0.512 e. The molecule has 18 rings (SSSR count). The number of carbonyl (C=O) groups excluding carboxylic acids is 7. The van der Waals surface area contributed by atoms with Gasteiger partial charge < -0.3 is 90.7 Å². The number of methoxy groups -OCH3 is 5. The van der Waals surface area contributed by atoms with Crippen molar-refractivity contribution in [2.45, 2.75) is 121 Å². The highest BCUT2D eigenvalue weighted by molar-refractivity contribution is 5.88. The number of nitrogens with zero attached hydrogens (tertiary/aromatic N) is 1. The second kappa shape index (κ2) is 49.8. The quantitative estimate of drug-likeness (QED) is 0.0498. The SMILES string of the molecule is CCOC1=CC(=O)OC(/C=C/c2ccc3c(c2)OCO3)C1.COC1=CC(=O)OC(/C=C/c2ccc(C)cc2)C1.COC1=CC(=O)OC(/C=C/c2ccc(O)cc2)C1.COC1=CC(=O)OC(/C=C/c2ccc3c(c2)CCC3)C1.COC1=CC(=O)OC(/C=C/c2ccc3ccccc3c2)C1.COC1=CC(=O)OC(/C=C/c2cccnc2)C1.O=C1C=C(O)CC(/C=C/c2ccc3c(c2)OCO3)O1. The van der Waals surface area contributed by atoms with Crippen LogP contribution in [0.1, 0.15) is 114 Å². The van der Waals surface area contributed by atoms with Crippen LogP contribution in [0.3, 0.4) is 0 Å². The number of aromatic nitrogens is 1. The molecule has 7 atom stereocenters. The monoisotopic (exact) mass is 1820 g/mol. The van der Waals surface area contributed by atoms with Crippen LogP contribution >= 0.6 is 0 Å². The van der Waals surface area contributed by atoms with E-state index in [9.17, 15) is 38.7 Å². The van der Waals surface area contributed by atoms with E-state index in [1.54, 1.807) is 77.3 Å². The number of aryl methyl sites for hydroxylation is 3. The smallest absolute Gasteiger partial charge is 0.334 e. The highest BCUT2D eigenvalue weighted by atomic mass is 16.7. The maximum Gasteiger partial charge on any atom is 0.334 e. The summed E-state index contributed by atoms with van der Waals surface area (Å²) >= 11 is 0. The number of phenols is 1. The van der Waals surface area contributed by atoms with Crippen molar-refractivity contribution in [2.75, 3.05) is 55.7 Å². The first-order valence-corrected chi connectivity index (χ1v) is 43.4. The van der Waals surface area contributed by atoms with Gasteiger partial charge in [-0.2, -0.15) is 0 Å². The first-order valence-electron chi connectivity index (χ1n) is 43.4. The molecule has 0 saturated carbocycles. The van der Waals surface area contributed by atoms with E-state index in [2.05, 4.69) is 53.5 Å². The van der Waals surface area contributed by atoms with Crippen LogP contribution in [-0.4, -0.2) is 155 Å². The molecule has 7 aromatic carbocycles. The molecule has 8 aromatic rings. The molecule has 2 N–H and O–H groups in total. The fourth-order valence-electron chi connectivity index (χ4n) is 14.4. The topological polar surface area (TPSA) is 330 Å². The van der Waals surface area contributed by atoms with Crippen molar-refractivity contribution in [1.29, 1.82) is 0 Å². The number of aromatic hydroxyl groups is 1. The van der Waals surface area contributed by atoms with Gasteiger partial charge in [0.1, 0.15) is 88.8 Å². The van der Waals surface area contributed by atoms with Gasteiger partial charge in [0.15, 0.2) is 23.0 Å². The summed E-state index contributed by atoms with van der Waals surface area (Å²) in [4.78, 5) is 83.2. The molecule has 1 aromatic heterocycles. The summed E-state index contributed by atoms with van der Waals surface area (Å²) in [6.07, 6.45) is 44.4. The summed E-state index contributed by atoms with van der Waals surface area (Å²) < 4.78 is 88.2. The Morgan fingerprint density at radius 1 is 0.336 bits per heavy atom. The standard InChI is InChI=1S/C18H16O3.C17H18O3.C16H16O5.C15H16O3.C14H12O5.C14H14O4.C13H13NO3/c1-20-17-11-16(21-18(19)12-17)9-7-13-6-8-14-4-2-3-5-15(14)10-13;1-19-16-10-15(20-17(18)11-16)8-6-12-5-7-13-3-2-4-14(13)9-12;1-2-18-13-8-12(21-16(17)9-13)5-3-11-4-6-14-15(7-11)20-10-19-14;1-11-3-5-12(6-4-11)7-8-13-9-14(17-2)10-15(16)18-13;15-10-6-11(19-14(16)7-10)3-1-9-2-4-12-13(5-9)18-8-17-12;1-17-13-8-12(18-14(16)9-13)7-4-10-2-5-11(15)6-3-10;1-16-12-7-11(17-13(15)8-12)5-4-10-3-2-6-14-9-10/h2-10,12,16H,11H2,1H3;5-9,11,15H,2-4,10H2,1H3;3-7,9,12H,2,8,10H2,1H3;3-8,10,13H,9H2,1-2H3;1-5,7,11,15H,6,8H2;2-7,9,12,15H,8H2,1H3;2-6,8-9,11H,7H2,1H3/b9-7+;8-6+;5-3+;8-7+;3-1+;7-4+;5-4+. The third-order valence-corrected chi connectivity index (χ3v) is 21.2. The van der Waals surface area contributed by atoms with Crippen LogP contribution in [0, 0.1) is 6.92 Å². The van der Waals surface area contributed by atoms with Crippen LogP contribution < -0.4 is 18.9 Å². The number of pyridine rings is 1. The van der Waals surface area contributed by atoms with Crippen molar-refractivity contribution in [3.8, 4) is 28.7 Å². The Hall–Kier alpha value is -15.8. The first kappa shape index (κ1) is 97.3. The Labute approximate surface area is 776 Å². The predicted molar refractivity (Wildman–Crippen MR) is 502 cm³/mol. The molecule has 7 unspecified atom stereocenters. The lowest BCUT2D eigenvalue weighted by atomic mass is 10.0. The molecule has 0 bridgehead atoms. The van der Waals surface area contributed by atoms with E-state index >= 15 is 0 Å². The fraction of sp³-hybridized carbons (Fsp3) is 0.252. The van der Waals surface area contributed by atoms with Gasteiger partial charge in [-0.1, -0.05) is 157 Å². The number of cyclic esters (lactones) is 7. The molecule has 694 valence electrons. The van der Waals surface area contributed by atoms with Crippen molar-refractivity contribution in [2.24, 2.45) is 0 Å². The van der Waals surface area contributed by atoms with Crippen LogP contribution in [0.4, 0.5) is 0 Å². The number of rotatable bonds is 21. The van der Waals surface area contributed by atoms with E-state index in [0.29, 0.717) is 91.9 Å². The average molecular weight is 1820 g/mol. The molecule has 10 heterocycles. The Bertz CT molecular complexity index is 5830. The molecule has 10 aliphatic rings. The van der Waals surface area contributed by atoms with Gasteiger partial charge in [0.05, 0.1) is 84.7 Å². The normalized spacial score (nSPS) is 20.1. The number of hydrogen-bond acceptors (Lipinski definition) is 27. The highest BCUT2D eigenvalue weighted by Gasteiger charge is 2.27. The molecule has 134 heavy (non-hydrogen) atoms. The third-order valence-electron chi connectivity index (χ3n) is 21.2. The molecule has 0 fully saturated rings. The molecule has 0 radical (unpaired) electrons. The van der Waals surface area contributed by atoms with Gasteiger partial charge in [-0.05, 0) is 185 Å². The van der Waals surface area contributed by atoms with Gasteiger partial charge in [0.2, 0.25) is 13.6 Å². The summed E-state index contributed by atoms with van der Waals surface area (Å²) in [7, 11) is 7.78. The van der Waals surface area contributed by atoms with Crippen molar-refractivity contribution in [1.82, 2.24) is 4.98 Å². The highest BCUT2D eigenvalue weighted by Crippen LogP contribution is 2.36. The van der Waals surface area contributed by atoms with Crippen LogP contribution in [0.15, 0.2) is 295 Å². The number of benzene rings is 7. The fourth-order valence-corrected chi connectivity index (χ4v) is 14.4. The lowest BCUT2D eigenvalue weighted by molar-refractivity contribution is -0.143. The van der Waals surface area contributed by atoms with Gasteiger partial charge in [0, 0.05) is 57.3 Å². The zero-order chi connectivity index (χ0) is 94.5. The van der Waals surface area contributed by atoms with Crippen LogP contribution in [-0.2, 0) is 108 Å². The number of carbonyl (C=O) groups is 7. The number of ether oxygens (including phenoxy) is 17. The summed E-state index contributed by atoms with van der Waals surface area (Å²) in [5, 5.41) is 20.9. The molecular weight excluding hydrogens is 1720 g/mol. The molecular formula is C107H105NO26. The molecule has 27 nitrogen and oxygen atoms in total. The Kier molecular flexibility index (Phi) is 36.2. The molecule has 0 amide bonds. The Morgan fingerprint density at radius 3 is 1.10 bits per heavy atom. The van der Waals surface area contributed by atoms with Crippen molar-refractivity contribution in [3.05, 3.63) is 351 Å². The van der Waals surface area contributed by atoms with Crippen molar-refractivity contribution >= 4 is 95.1 Å². The van der Waals surface area contributed by atoms with Gasteiger partial charge in [-0.25, -0.2) is 33.6 Å². The molecule has 0 saturated heterocycles. The number of esters is 7.